The predicted molar refractivity (Wildman–Crippen MR) is 86.4 cm³/mol. The summed E-state index contributed by atoms with van der Waals surface area (Å²) in [7, 11) is 0. The van der Waals surface area contributed by atoms with E-state index in [1.54, 1.807) is 0 Å². The Morgan fingerprint density at radius 1 is 1.09 bits per heavy atom. The Hall–Kier alpha value is -1.65. The third-order valence-corrected chi connectivity index (χ3v) is 3.48. The van der Waals surface area contributed by atoms with Gasteiger partial charge in [-0.2, -0.15) is 0 Å². The van der Waals surface area contributed by atoms with E-state index < -0.39 is 5.97 Å². The molecule has 1 aliphatic heterocycles. The molecule has 0 aliphatic carbocycles. The van der Waals surface area contributed by atoms with Crippen LogP contribution in [0.15, 0.2) is 12.2 Å². The van der Waals surface area contributed by atoms with Gasteiger partial charge in [0, 0.05) is 25.0 Å². The molecule has 0 atom stereocenters. The summed E-state index contributed by atoms with van der Waals surface area (Å²) in [4.78, 5) is 34.0. The van der Waals surface area contributed by atoms with Crippen LogP contribution in [-0.4, -0.2) is 34.3 Å². The van der Waals surface area contributed by atoms with Gasteiger partial charge in [-0.15, -0.1) is 0 Å². The first-order valence-electron chi connectivity index (χ1n) is 8.12. The Balaban J connectivity index is 0.000000626. The van der Waals surface area contributed by atoms with E-state index in [4.69, 9.17) is 5.11 Å². The van der Waals surface area contributed by atoms with Crippen LogP contribution < -0.4 is 0 Å². The van der Waals surface area contributed by atoms with Gasteiger partial charge in [0.25, 0.3) is 0 Å². The smallest absolute Gasteiger partial charge is 0.330 e. The molecule has 1 heterocycles. The largest absolute Gasteiger partial charge is 0.478 e. The second-order valence-electron chi connectivity index (χ2n) is 5.65. The summed E-state index contributed by atoms with van der Waals surface area (Å²) in [6, 6.07) is 0. The van der Waals surface area contributed by atoms with E-state index in [9.17, 15) is 14.4 Å². The van der Waals surface area contributed by atoms with Crippen LogP contribution >= 0.6 is 0 Å². The molecule has 0 spiro atoms. The summed E-state index contributed by atoms with van der Waals surface area (Å²) in [5.74, 6) is -0.871. The van der Waals surface area contributed by atoms with Crippen molar-refractivity contribution in [3.05, 3.63) is 12.2 Å². The van der Waals surface area contributed by atoms with Crippen LogP contribution in [0.5, 0.6) is 0 Å². The lowest BCUT2D eigenvalue weighted by Gasteiger charge is -2.24. The quantitative estimate of drug-likeness (QED) is 0.423. The maximum absolute atomic E-state index is 11.5. The van der Waals surface area contributed by atoms with Gasteiger partial charge in [-0.25, -0.2) is 4.79 Å². The monoisotopic (exact) mass is 311 g/mol. The van der Waals surface area contributed by atoms with E-state index in [0.717, 1.165) is 19.3 Å². The fourth-order valence-corrected chi connectivity index (χ4v) is 2.10. The number of hydrogen-bond acceptors (Lipinski definition) is 3. The van der Waals surface area contributed by atoms with Crippen LogP contribution in [-0.2, 0) is 14.4 Å². The zero-order valence-corrected chi connectivity index (χ0v) is 13.9. The highest BCUT2D eigenvalue weighted by Gasteiger charge is 2.24. The summed E-state index contributed by atoms with van der Waals surface area (Å²) < 4.78 is 0. The second-order valence-corrected chi connectivity index (χ2v) is 5.65. The first-order valence-corrected chi connectivity index (χ1v) is 8.12. The molecule has 0 aromatic rings. The molecule has 5 nitrogen and oxygen atoms in total. The van der Waals surface area contributed by atoms with E-state index in [-0.39, 0.29) is 17.4 Å². The molecule has 1 rings (SSSR count). The molecule has 0 aromatic heterocycles. The number of carbonyl (C=O) groups is 3. The highest BCUT2D eigenvalue weighted by atomic mass is 16.4. The maximum Gasteiger partial charge on any atom is 0.330 e. The summed E-state index contributed by atoms with van der Waals surface area (Å²) in [6.07, 6.45) is 9.01. The predicted octanol–water partition coefficient (Wildman–Crippen LogP) is 3.53. The van der Waals surface area contributed by atoms with Crippen LogP contribution in [0, 0.1) is 0 Å². The van der Waals surface area contributed by atoms with E-state index in [0.29, 0.717) is 19.4 Å². The molecule has 1 saturated heterocycles. The highest BCUT2D eigenvalue weighted by molar-refractivity contribution is 5.97. The molecule has 0 bridgehead atoms. The molecule has 22 heavy (non-hydrogen) atoms. The van der Waals surface area contributed by atoms with Crippen LogP contribution in [0.2, 0.25) is 0 Å². The van der Waals surface area contributed by atoms with Crippen molar-refractivity contribution in [2.75, 3.05) is 6.54 Å². The van der Waals surface area contributed by atoms with E-state index >= 15 is 0 Å². The fourth-order valence-electron chi connectivity index (χ4n) is 2.10. The number of imide groups is 1. The molecule has 1 fully saturated rings. The van der Waals surface area contributed by atoms with Crippen molar-refractivity contribution in [3.8, 4) is 0 Å². The summed E-state index contributed by atoms with van der Waals surface area (Å²) >= 11 is 0. The van der Waals surface area contributed by atoms with Gasteiger partial charge in [0.15, 0.2) is 0 Å². The lowest BCUT2D eigenvalue weighted by Crippen LogP contribution is -2.40. The Labute approximate surface area is 133 Å². The molecular weight excluding hydrogens is 282 g/mol. The minimum absolute atomic E-state index is 0.0322. The number of unbranched alkanes of at least 4 members (excludes halogenated alkanes) is 5. The van der Waals surface area contributed by atoms with Crippen LogP contribution in [0.3, 0.4) is 0 Å². The number of likely N-dealkylation sites (tertiary alicyclic amines) is 1. The van der Waals surface area contributed by atoms with Crippen molar-refractivity contribution < 1.29 is 19.5 Å². The van der Waals surface area contributed by atoms with Gasteiger partial charge in [0.05, 0.1) is 0 Å². The number of carbonyl (C=O) groups excluding carboxylic acids is 2. The molecule has 0 saturated carbocycles. The molecule has 0 radical (unpaired) electrons. The van der Waals surface area contributed by atoms with E-state index in [1.165, 1.54) is 37.5 Å². The van der Waals surface area contributed by atoms with E-state index in [2.05, 4.69) is 13.5 Å². The first kappa shape index (κ1) is 20.3. The van der Waals surface area contributed by atoms with Gasteiger partial charge in [-0.05, 0) is 19.8 Å². The molecule has 0 unspecified atom stereocenters. The molecule has 126 valence electrons. The molecule has 1 aliphatic rings. The molecule has 5 heteroatoms. The van der Waals surface area contributed by atoms with Gasteiger partial charge >= 0.3 is 5.97 Å². The topological polar surface area (TPSA) is 74.7 Å². The number of rotatable bonds is 8. The molecule has 1 N–H and O–H groups in total. The van der Waals surface area contributed by atoms with Crippen molar-refractivity contribution in [2.45, 2.75) is 71.6 Å². The Morgan fingerprint density at radius 2 is 1.55 bits per heavy atom. The fraction of sp³-hybridized carbons (Fsp3) is 0.706. The number of carboxylic acids is 1. The third-order valence-electron chi connectivity index (χ3n) is 3.48. The molecule has 2 amide bonds. The highest BCUT2D eigenvalue weighted by Crippen LogP contribution is 2.14. The first-order chi connectivity index (χ1) is 10.4. The Bertz CT molecular complexity index is 362. The number of hydrogen-bond donors (Lipinski definition) is 1. The van der Waals surface area contributed by atoms with Crippen molar-refractivity contribution in [3.63, 3.8) is 0 Å². The summed E-state index contributed by atoms with van der Waals surface area (Å²) in [5, 5.41) is 7.89. The Kier molecular flexibility index (Phi) is 11.1. The van der Waals surface area contributed by atoms with Crippen LogP contribution in [0.1, 0.15) is 71.6 Å². The van der Waals surface area contributed by atoms with E-state index in [1.807, 2.05) is 0 Å². The normalized spacial score (nSPS) is 14.4. The SMILES string of the molecule is C=C(C)C(=O)O.CCCCCCCCN1C(=O)CCCC1=O. The second kappa shape index (κ2) is 12.0. The average Bonchev–Trinajstić information content (AvgIpc) is 2.46. The lowest BCUT2D eigenvalue weighted by molar-refractivity contribution is -0.148. The van der Waals surface area contributed by atoms with Crippen molar-refractivity contribution in [1.82, 2.24) is 4.90 Å². The van der Waals surface area contributed by atoms with Crippen LogP contribution in [0.25, 0.3) is 0 Å². The zero-order valence-electron chi connectivity index (χ0n) is 13.9. The third kappa shape index (κ3) is 9.32. The van der Waals surface area contributed by atoms with Gasteiger partial charge < -0.3 is 5.11 Å². The number of carboxylic acid groups (broad SMARTS) is 1. The van der Waals surface area contributed by atoms with Crippen molar-refractivity contribution in [2.24, 2.45) is 0 Å². The lowest BCUT2D eigenvalue weighted by atomic mass is 10.1. The van der Waals surface area contributed by atoms with Crippen LogP contribution in [0.4, 0.5) is 0 Å². The van der Waals surface area contributed by atoms with Gasteiger partial charge in [0.2, 0.25) is 11.8 Å². The minimum atomic E-state index is -0.935. The Morgan fingerprint density at radius 3 is 2.00 bits per heavy atom. The van der Waals surface area contributed by atoms with Crippen molar-refractivity contribution >= 4 is 17.8 Å². The molecular formula is C17H29NO4. The number of piperidine rings is 1. The number of nitrogens with zero attached hydrogens (tertiary/aromatic N) is 1. The number of aliphatic carboxylic acids is 1. The zero-order chi connectivity index (χ0) is 17.0. The van der Waals surface area contributed by atoms with Gasteiger partial charge in [0.1, 0.15) is 0 Å². The standard InChI is InChI=1S/C13H23NO2.C4H6O2/c1-2-3-4-5-6-7-11-14-12(15)9-8-10-13(14)16;1-3(2)4(5)6/h2-11H2,1H3;1H2,2H3,(H,5,6). The summed E-state index contributed by atoms with van der Waals surface area (Å²) in [5.41, 5.74) is 0.176. The molecule has 0 aromatic carbocycles. The van der Waals surface area contributed by atoms with Crippen molar-refractivity contribution in [1.29, 1.82) is 0 Å². The average molecular weight is 311 g/mol. The minimum Gasteiger partial charge on any atom is -0.478 e. The summed E-state index contributed by atoms with van der Waals surface area (Å²) in [6.45, 7) is 7.44. The number of amides is 2. The van der Waals surface area contributed by atoms with Gasteiger partial charge in [-0.3, -0.25) is 14.5 Å². The maximum atomic E-state index is 11.5. The van der Waals surface area contributed by atoms with Gasteiger partial charge in [-0.1, -0.05) is 45.6 Å².